The van der Waals surface area contributed by atoms with Crippen molar-refractivity contribution in [2.24, 2.45) is 5.92 Å². The summed E-state index contributed by atoms with van der Waals surface area (Å²) in [7, 11) is 1.50. The molecule has 0 bridgehead atoms. The summed E-state index contributed by atoms with van der Waals surface area (Å²) in [6.45, 7) is 3.86. The average Bonchev–Trinajstić information content (AvgIpc) is 3.34. The Hall–Kier alpha value is -2.88. The number of carbonyl (C=O) groups is 2. The molecule has 4 rings (SSSR count). The quantitative estimate of drug-likeness (QED) is 0.324. The van der Waals surface area contributed by atoms with Crippen LogP contribution >= 0.6 is 0 Å². The molecule has 0 saturated heterocycles. The topological polar surface area (TPSA) is 129 Å². The van der Waals surface area contributed by atoms with Gasteiger partial charge in [0.2, 0.25) is 11.8 Å². The number of nitrogens with zero attached hydrogens (tertiary/aromatic N) is 1. The highest BCUT2D eigenvalue weighted by Crippen LogP contribution is 2.51. The number of carbonyl (C=O) groups excluding carboxylic acids is 2. The molecule has 4 unspecified atom stereocenters. The van der Waals surface area contributed by atoms with Crippen LogP contribution in [-0.2, 0) is 16.2 Å². The van der Waals surface area contributed by atoms with Crippen LogP contribution in [0.5, 0.6) is 11.5 Å². The minimum atomic E-state index is -1.10. The third kappa shape index (κ3) is 5.75. The maximum atomic E-state index is 13.5. The largest absolute Gasteiger partial charge is 0.493 e. The van der Waals surface area contributed by atoms with E-state index >= 15 is 0 Å². The number of methoxy groups -OCH3 is 1. The second-order valence-electron chi connectivity index (χ2n) is 10.4. The summed E-state index contributed by atoms with van der Waals surface area (Å²) in [5.41, 5.74) is 1.59. The van der Waals surface area contributed by atoms with Crippen LogP contribution in [0.1, 0.15) is 62.0 Å². The van der Waals surface area contributed by atoms with Crippen molar-refractivity contribution >= 4 is 11.8 Å². The summed E-state index contributed by atoms with van der Waals surface area (Å²) in [4.78, 5) is 28.6. The van der Waals surface area contributed by atoms with Gasteiger partial charge in [-0.2, -0.15) is 0 Å². The lowest BCUT2D eigenvalue weighted by Gasteiger charge is -2.42. The van der Waals surface area contributed by atoms with Crippen LogP contribution in [0.3, 0.4) is 0 Å². The van der Waals surface area contributed by atoms with E-state index in [0.717, 1.165) is 25.7 Å². The minimum absolute atomic E-state index is 0.0680. The fraction of sp³-hybridized carbons (Fsp3) is 0.586. The van der Waals surface area contributed by atoms with Gasteiger partial charge in [0.15, 0.2) is 11.5 Å². The number of aliphatic hydroxyl groups is 3. The molecule has 1 fully saturated rings. The molecule has 9 heteroatoms. The molecule has 2 amide bonds. The zero-order valence-corrected chi connectivity index (χ0v) is 22.1. The summed E-state index contributed by atoms with van der Waals surface area (Å²) in [5.74, 6) is 0.0235. The first-order valence-electron chi connectivity index (χ1n) is 13.6. The number of hydrogen-bond donors (Lipinski definition) is 4. The summed E-state index contributed by atoms with van der Waals surface area (Å²) < 4.78 is 11.8. The van der Waals surface area contributed by atoms with E-state index in [0.29, 0.717) is 47.1 Å². The Bertz CT molecular complexity index is 1050. The fourth-order valence-electron chi connectivity index (χ4n) is 6.03. The van der Waals surface area contributed by atoms with E-state index in [4.69, 9.17) is 9.47 Å². The molecule has 4 atom stereocenters. The molecule has 0 aromatic heterocycles. The molecule has 3 aliphatic rings. The first-order valence-corrected chi connectivity index (χ1v) is 13.6. The number of allylic oxidation sites excluding steroid dienone is 1. The lowest BCUT2D eigenvalue weighted by atomic mass is 9.76. The van der Waals surface area contributed by atoms with E-state index in [1.165, 1.54) is 13.5 Å². The van der Waals surface area contributed by atoms with Gasteiger partial charge < -0.3 is 35.0 Å². The molecular formula is C29H40N2O7. The van der Waals surface area contributed by atoms with Gasteiger partial charge in [-0.15, -0.1) is 6.58 Å². The van der Waals surface area contributed by atoms with Gasteiger partial charge in [0.1, 0.15) is 12.2 Å². The first kappa shape index (κ1) is 28.1. The van der Waals surface area contributed by atoms with Crippen molar-refractivity contribution in [2.45, 2.75) is 75.7 Å². The van der Waals surface area contributed by atoms with E-state index in [1.807, 2.05) is 0 Å². The molecular weight excluding hydrogens is 488 g/mol. The maximum Gasteiger partial charge on any atom is 0.247 e. The molecule has 2 aliphatic carbocycles. The van der Waals surface area contributed by atoms with Crippen LogP contribution in [0.25, 0.3) is 0 Å². The van der Waals surface area contributed by atoms with Gasteiger partial charge in [0.25, 0.3) is 0 Å². The maximum absolute atomic E-state index is 13.5. The van der Waals surface area contributed by atoms with Crippen LogP contribution in [0.2, 0.25) is 0 Å². The predicted octanol–water partition coefficient (Wildman–Crippen LogP) is 2.19. The third-order valence-corrected chi connectivity index (χ3v) is 7.92. The molecule has 4 N–H and O–H groups in total. The van der Waals surface area contributed by atoms with Gasteiger partial charge in [-0.25, -0.2) is 0 Å². The highest BCUT2D eigenvalue weighted by molar-refractivity contribution is 5.96. The number of aliphatic hydroxyl groups excluding tert-OH is 3. The first-order chi connectivity index (χ1) is 18.4. The number of amides is 2. The van der Waals surface area contributed by atoms with E-state index in [2.05, 4.69) is 11.9 Å². The Balaban J connectivity index is 1.76. The monoisotopic (exact) mass is 528 g/mol. The average molecular weight is 529 g/mol. The lowest BCUT2D eigenvalue weighted by Crippen LogP contribution is -2.56. The Morgan fingerprint density at radius 2 is 2.00 bits per heavy atom. The van der Waals surface area contributed by atoms with Crippen LogP contribution < -0.4 is 14.8 Å². The Kier molecular flexibility index (Phi) is 9.46. The number of nitrogens with one attached hydrogen (secondary N) is 1. The Morgan fingerprint density at radius 1 is 1.24 bits per heavy atom. The second kappa shape index (κ2) is 12.8. The van der Waals surface area contributed by atoms with Crippen LogP contribution in [-0.4, -0.2) is 77.1 Å². The number of rotatable bonds is 11. The third-order valence-electron chi connectivity index (χ3n) is 7.92. The Labute approximate surface area is 224 Å². The van der Waals surface area contributed by atoms with Crippen LogP contribution in [0.4, 0.5) is 0 Å². The molecule has 0 radical (unpaired) electrons. The number of hydrogen-bond acceptors (Lipinski definition) is 7. The molecule has 208 valence electrons. The van der Waals surface area contributed by atoms with Gasteiger partial charge in [-0.05, 0) is 49.0 Å². The van der Waals surface area contributed by atoms with E-state index in [-0.39, 0.29) is 32.1 Å². The molecule has 1 aliphatic heterocycles. The predicted molar refractivity (Wildman–Crippen MR) is 142 cm³/mol. The van der Waals surface area contributed by atoms with Gasteiger partial charge >= 0.3 is 0 Å². The summed E-state index contributed by atoms with van der Waals surface area (Å²) >= 11 is 0. The fourth-order valence-corrected chi connectivity index (χ4v) is 6.03. The minimum Gasteiger partial charge on any atom is -0.493 e. The van der Waals surface area contributed by atoms with E-state index in [9.17, 15) is 24.9 Å². The molecule has 1 heterocycles. The van der Waals surface area contributed by atoms with Crippen molar-refractivity contribution in [2.75, 3.05) is 26.8 Å². The Morgan fingerprint density at radius 3 is 2.66 bits per heavy atom. The van der Waals surface area contributed by atoms with Gasteiger partial charge in [0, 0.05) is 30.6 Å². The lowest BCUT2D eigenvalue weighted by molar-refractivity contribution is -0.138. The zero-order chi connectivity index (χ0) is 27.2. The molecule has 1 aromatic rings. The summed E-state index contributed by atoms with van der Waals surface area (Å²) in [5, 5.41) is 33.6. The summed E-state index contributed by atoms with van der Waals surface area (Å²) in [6.07, 6.45) is 7.73. The zero-order valence-electron chi connectivity index (χ0n) is 22.1. The number of fused-ring (bicyclic) bond motifs is 3. The molecule has 38 heavy (non-hydrogen) atoms. The van der Waals surface area contributed by atoms with Crippen molar-refractivity contribution in [1.29, 1.82) is 0 Å². The van der Waals surface area contributed by atoms with Crippen LogP contribution in [0, 0.1) is 5.92 Å². The number of benzene rings is 1. The van der Waals surface area contributed by atoms with Gasteiger partial charge in [-0.3, -0.25) is 9.59 Å². The molecule has 0 spiro atoms. The van der Waals surface area contributed by atoms with E-state index in [1.54, 1.807) is 29.2 Å². The molecule has 9 nitrogen and oxygen atoms in total. The van der Waals surface area contributed by atoms with Gasteiger partial charge in [0.05, 0.1) is 32.3 Å². The number of ether oxygens (including phenoxy) is 2. The highest BCUT2D eigenvalue weighted by atomic mass is 16.5. The SMILES string of the molecule is C=CCCC(=O)N(CC1CCCCC1)C1C=C(C(=O)NCCO)C2c3cc(CO)cc(OC)c3OC2C1O. The molecule has 1 saturated carbocycles. The smallest absolute Gasteiger partial charge is 0.247 e. The van der Waals surface area contributed by atoms with Crippen LogP contribution in [0.15, 0.2) is 36.4 Å². The van der Waals surface area contributed by atoms with Crippen molar-refractivity contribution in [3.63, 3.8) is 0 Å². The van der Waals surface area contributed by atoms with Crippen molar-refractivity contribution in [3.05, 3.63) is 47.6 Å². The van der Waals surface area contributed by atoms with Crippen molar-refractivity contribution in [3.8, 4) is 11.5 Å². The van der Waals surface area contributed by atoms with Crippen molar-refractivity contribution < 1.29 is 34.4 Å². The normalized spacial score (nSPS) is 24.5. The van der Waals surface area contributed by atoms with Crippen molar-refractivity contribution in [1.82, 2.24) is 10.2 Å². The van der Waals surface area contributed by atoms with E-state index < -0.39 is 30.1 Å². The molecule has 1 aromatic carbocycles. The highest BCUT2D eigenvalue weighted by Gasteiger charge is 2.51. The summed E-state index contributed by atoms with van der Waals surface area (Å²) in [6, 6.07) is 2.67. The van der Waals surface area contributed by atoms with Gasteiger partial charge in [-0.1, -0.05) is 25.3 Å². The standard InChI is InChI=1S/C29H40N2O7/c1-3-4-10-24(34)31(16-18-8-6-5-7-9-18)22-15-21(29(36)30-11-12-32)25-20-13-19(17-33)14-23(37-2)27(20)38-28(25)26(22)35/h3,13-15,18,22,25-26,28,32-33,35H,1,4-12,16-17H2,2H3,(H,30,36). The second-order valence-corrected chi connectivity index (χ2v) is 10.4.